The van der Waals surface area contributed by atoms with Crippen LogP contribution in [0.1, 0.15) is 23.2 Å². The van der Waals surface area contributed by atoms with Gasteiger partial charge < -0.3 is 14.8 Å². The molecule has 0 unspecified atom stereocenters. The lowest BCUT2D eigenvalue weighted by molar-refractivity contribution is 0.102. The molecule has 0 aliphatic carbocycles. The third-order valence-corrected chi connectivity index (χ3v) is 5.88. The van der Waals surface area contributed by atoms with Crippen LogP contribution in [0.2, 0.25) is 0 Å². The first-order chi connectivity index (χ1) is 14.3. The van der Waals surface area contributed by atoms with Crippen LogP contribution >= 0.6 is 11.8 Å². The van der Waals surface area contributed by atoms with E-state index in [1.165, 1.54) is 0 Å². The van der Waals surface area contributed by atoms with Gasteiger partial charge in [0.15, 0.2) is 0 Å². The molecule has 29 heavy (non-hydrogen) atoms. The molecule has 1 atom stereocenters. The van der Waals surface area contributed by atoms with Crippen molar-refractivity contribution < 1.29 is 14.3 Å². The van der Waals surface area contributed by atoms with Gasteiger partial charge in [-0.15, -0.1) is 11.8 Å². The first kappa shape index (κ1) is 19.6. The molecule has 148 valence electrons. The molecule has 0 bridgehead atoms. The summed E-state index contributed by atoms with van der Waals surface area (Å²) in [6, 6.07) is 24.7. The predicted octanol–water partition coefficient (Wildman–Crippen LogP) is 6.00. The number of thioether (sulfide) groups is 1. The van der Waals surface area contributed by atoms with Crippen molar-refractivity contribution in [2.45, 2.75) is 23.8 Å². The van der Waals surface area contributed by atoms with E-state index in [2.05, 4.69) is 5.32 Å². The van der Waals surface area contributed by atoms with Crippen LogP contribution in [0.25, 0.3) is 0 Å². The summed E-state index contributed by atoms with van der Waals surface area (Å²) in [6.07, 6.45) is 2.50. The fraction of sp³-hybridized carbons (Fsp3) is 0.208. The van der Waals surface area contributed by atoms with E-state index in [0.717, 1.165) is 47.3 Å². The first-order valence-corrected chi connectivity index (χ1v) is 10.7. The standard InChI is InChI=1S/C24H23NO3S/c26-24(22-10-4-5-11-23(22)29-17-21-9-6-16-27-21)25-18-12-14-20(15-13-18)28-19-7-2-1-3-8-19/h1-5,7-8,10-15,21H,6,9,16-17H2,(H,25,26)/t21-/m0/s1. The zero-order valence-electron chi connectivity index (χ0n) is 16.0. The van der Waals surface area contributed by atoms with E-state index in [-0.39, 0.29) is 12.0 Å². The third kappa shape index (κ3) is 5.40. The molecule has 4 rings (SSSR count). The molecule has 0 aromatic heterocycles. The van der Waals surface area contributed by atoms with Crippen molar-refractivity contribution >= 4 is 23.4 Å². The maximum absolute atomic E-state index is 12.8. The number of anilines is 1. The lowest BCUT2D eigenvalue weighted by Gasteiger charge is -2.13. The quantitative estimate of drug-likeness (QED) is 0.490. The van der Waals surface area contributed by atoms with E-state index in [1.807, 2.05) is 78.9 Å². The highest BCUT2D eigenvalue weighted by Crippen LogP contribution is 2.28. The third-order valence-electron chi connectivity index (χ3n) is 4.67. The average molecular weight is 406 g/mol. The van der Waals surface area contributed by atoms with Crippen molar-refractivity contribution in [3.8, 4) is 11.5 Å². The maximum Gasteiger partial charge on any atom is 0.256 e. The number of hydrogen-bond acceptors (Lipinski definition) is 4. The molecule has 3 aromatic rings. The highest BCUT2D eigenvalue weighted by molar-refractivity contribution is 7.99. The van der Waals surface area contributed by atoms with Gasteiger partial charge in [-0.05, 0) is 61.4 Å². The Balaban J connectivity index is 1.38. The molecule has 5 heteroatoms. The number of carbonyl (C=O) groups is 1. The molecule has 1 saturated heterocycles. The summed E-state index contributed by atoms with van der Waals surface area (Å²) >= 11 is 1.68. The van der Waals surface area contributed by atoms with Crippen LogP contribution < -0.4 is 10.1 Å². The fourth-order valence-electron chi connectivity index (χ4n) is 3.17. The van der Waals surface area contributed by atoms with Gasteiger partial charge in [-0.1, -0.05) is 30.3 Å². The SMILES string of the molecule is O=C(Nc1ccc(Oc2ccccc2)cc1)c1ccccc1SC[C@@H]1CCCO1. The minimum Gasteiger partial charge on any atom is -0.457 e. The van der Waals surface area contributed by atoms with Crippen LogP contribution in [0.4, 0.5) is 5.69 Å². The van der Waals surface area contributed by atoms with E-state index in [9.17, 15) is 4.79 Å². The summed E-state index contributed by atoms with van der Waals surface area (Å²) in [5.74, 6) is 2.26. The van der Waals surface area contributed by atoms with Crippen LogP contribution in [-0.4, -0.2) is 24.4 Å². The molecule has 0 spiro atoms. The van der Waals surface area contributed by atoms with Gasteiger partial charge >= 0.3 is 0 Å². The second kappa shape index (κ2) is 9.63. The van der Waals surface area contributed by atoms with E-state index < -0.39 is 0 Å². The van der Waals surface area contributed by atoms with Gasteiger partial charge in [0.25, 0.3) is 5.91 Å². The Labute approximate surface area is 175 Å². The van der Waals surface area contributed by atoms with Gasteiger partial charge in [0.1, 0.15) is 11.5 Å². The lowest BCUT2D eigenvalue weighted by atomic mass is 10.2. The van der Waals surface area contributed by atoms with Crippen molar-refractivity contribution in [1.29, 1.82) is 0 Å². The highest BCUT2D eigenvalue weighted by atomic mass is 32.2. The second-order valence-corrected chi connectivity index (χ2v) is 7.90. The molecule has 3 aromatic carbocycles. The molecule has 1 fully saturated rings. The van der Waals surface area contributed by atoms with Crippen molar-refractivity contribution in [2.75, 3.05) is 17.7 Å². The Hall–Kier alpha value is -2.76. The number of benzene rings is 3. The van der Waals surface area contributed by atoms with Gasteiger partial charge in [0.05, 0.1) is 11.7 Å². The smallest absolute Gasteiger partial charge is 0.256 e. The number of rotatable bonds is 7. The summed E-state index contributed by atoms with van der Waals surface area (Å²) in [5.41, 5.74) is 1.41. The molecule has 1 heterocycles. The van der Waals surface area contributed by atoms with E-state index >= 15 is 0 Å². The number of hydrogen-bond donors (Lipinski definition) is 1. The van der Waals surface area contributed by atoms with E-state index in [4.69, 9.17) is 9.47 Å². The van der Waals surface area contributed by atoms with Gasteiger partial charge in [-0.3, -0.25) is 4.79 Å². The monoisotopic (exact) mass is 405 g/mol. The molecule has 4 nitrogen and oxygen atoms in total. The number of para-hydroxylation sites is 1. The summed E-state index contributed by atoms with van der Waals surface area (Å²) in [7, 11) is 0. The van der Waals surface area contributed by atoms with Crippen LogP contribution in [0.5, 0.6) is 11.5 Å². The summed E-state index contributed by atoms with van der Waals surface area (Å²) in [5, 5.41) is 2.98. The van der Waals surface area contributed by atoms with Gasteiger partial charge in [-0.2, -0.15) is 0 Å². The average Bonchev–Trinajstić information content (AvgIpc) is 3.28. The maximum atomic E-state index is 12.8. The number of amides is 1. The van der Waals surface area contributed by atoms with Crippen LogP contribution in [0, 0.1) is 0 Å². The van der Waals surface area contributed by atoms with Gasteiger partial charge in [-0.25, -0.2) is 0 Å². The predicted molar refractivity (Wildman–Crippen MR) is 117 cm³/mol. The minimum absolute atomic E-state index is 0.114. The molecular formula is C24H23NO3S. The number of carbonyl (C=O) groups excluding carboxylic acids is 1. The molecule has 0 saturated carbocycles. The molecular weight excluding hydrogens is 382 g/mol. The summed E-state index contributed by atoms with van der Waals surface area (Å²) < 4.78 is 11.5. The molecule has 1 amide bonds. The summed E-state index contributed by atoms with van der Waals surface area (Å²) in [6.45, 7) is 0.845. The van der Waals surface area contributed by atoms with Crippen molar-refractivity contribution in [3.05, 3.63) is 84.4 Å². The van der Waals surface area contributed by atoms with Crippen molar-refractivity contribution in [1.82, 2.24) is 0 Å². The van der Waals surface area contributed by atoms with Gasteiger partial charge in [0.2, 0.25) is 0 Å². The fourth-order valence-corrected chi connectivity index (χ4v) is 4.29. The zero-order chi connectivity index (χ0) is 19.9. The van der Waals surface area contributed by atoms with Crippen molar-refractivity contribution in [3.63, 3.8) is 0 Å². The van der Waals surface area contributed by atoms with Crippen molar-refractivity contribution in [2.24, 2.45) is 0 Å². The topological polar surface area (TPSA) is 47.6 Å². The Bertz CT molecular complexity index is 938. The molecule has 1 aliphatic heterocycles. The second-order valence-electron chi connectivity index (χ2n) is 6.84. The largest absolute Gasteiger partial charge is 0.457 e. The minimum atomic E-state index is -0.114. The Morgan fingerprint density at radius 3 is 2.45 bits per heavy atom. The zero-order valence-corrected chi connectivity index (χ0v) is 16.9. The van der Waals surface area contributed by atoms with Crippen LogP contribution in [0.15, 0.2) is 83.8 Å². The summed E-state index contributed by atoms with van der Waals surface area (Å²) in [4.78, 5) is 13.8. The first-order valence-electron chi connectivity index (χ1n) is 9.76. The Morgan fingerprint density at radius 2 is 1.69 bits per heavy atom. The molecule has 1 N–H and O–H groups in total. The molecule has 1 aliphatic rings. The Kier molecular flexibility index (Phi) is 6.49. The number of nitrogens with one attached hydrogen (secondary N) is 1. The highest BCUT2D eigenvalue weighted by Gasteiger charge is 2.18. The normalized spacial score (nSPS) is 15.8. The Morgan fingerprint density at radius 1 is 0.966 bits per heavy atom. The van der Waals surface area contributed by atoms with E-state index in [0.29, 0.717) is 5.56 Å². The van der Waals surface area contributed by atoms with E-state index in [1.54, 1.807) is 11.8 Å². The van der Waals surface area contributed by atoms with Crippen LogP contribution in [-0.2, 0) is 4.74 Å². The number of ether oxygens (including phenoxy) is 2. The lowest BCUT2D eigenvalue weighted by Crippen LogP contribution is -2.14. The molecule has 0 radical (unpaired) electrons. The van der Waals surface area contributed by atoms with Crippen LogP contribution in [0.3, 0.4) is 0 Å². The van der Waals surface area contributed by atoms with Gasteiger partial charge in [0, 0.05) is 22.9 Å².